The molecule has 3 heteroatoms. The Morgan fingerprint density at radius 1 is 1.10 bits per heavy atom. The third kappa shape index (κ3) is 5.01. The number of aliphatic hydroxyl groups is 1. The molecule has 0 spiro atoms. The van der Waals surface area contributed by atoms with Gasteiger partial charge in [-0.1, -0.05) is 33.1 Å². The standard InChI is InChI=1S/C17H34N2O/c1-15(2)12-19-10-9-18(14-17(19)8-11-20)13-16-6-4-3-5-7-16/h15-17,20H,3-14H2,1-2H3/t17-/m1/s1. The summed E-state index contributed by atoms with van der Waals surface area (Å²) in [5.74, 6) is 1.66. The minimum absolute atomic E-state index is 0.330. The van der Waals surface area contributed by atoms with E-state index < -0.39 is 0 Å². The fraction of sp³-hybridized carbons (Fsp3) is 1.00. The van der Waals surface area contributed by atoms with Crippen LogP contribution in [-0.2, 0) is 0 Å². The van der Waals surface area contributed by atoms with Crippen LogP contribution in [0.2, 0.25) is 0 Å². The average Bonchev–Trinajstić information content (AvgIpc) is 2.43. The van der Waals surface area contributed by atoms with E-state index in [2.05, 4.69) is 23.6 Å². The molecule has 1 aliphatic heterocycles. The molecule has 0 aromatic heterocycles. The van der Waals surface area contributed by atoms with Crippen LogP contribution in [0.1, 0.15) is 52.4 Å². The first-order chi connectivity index (χ1) is 9.69. The van der Waals surface area contributed by atoms with Crippen molar-refractivity contribution in [2.75, 3.05) is 39.3 Å². The molecule has 1 saturated heterocycles. The topological polar surface area (TPSA) is 26.7 Å². The first-order valence-corrected chi connectivity index (χ1v) is 8.76. The molecule has 1 atom stereocenters. The summed E-state index contributed by atoms with van der Waals surface area (Å²) in [7, 11) is 0. The maximum Gasteiger partial charge on any atom is 0.0446 e. The van der Waals surface area contributed by atoms with E-state index in [4.69, 9.17) is 0 Å². The fourth-order valence-corrected chi connectivity index (χ4v) is 3.99. The Morgan fingerprint density at radius 3 is 2.50 bits per heavy atom. The lowest BCUT2D eigenvalue weighted by molar-refractivity contribution is 0.0407. The lowest BCUT2D eigenvalue weighted by atomic mass is 9.88. The minimum Gasteiger partial charge on any atom is -0.396 e. The summed E-state index contributed by atoms with van der Waals surface area (Å²) in [4.78, 5) is 5.28. The number of nitrogens with zero attached hydrogens (tertiary/aromatic N) is 2. The van der Waals surface area contributed by atoms with Crippen molar-refractivity contribution < 1.29 is 5.11 Å². The lowest BCUT2D eigenvalue weighted by Gasteiger charge is -2.43. The molecule has 1 heterocycles. The van der Waals surface area contributed by atoms with Gasteiger partial charge in [0.1, 0.15) is 0 Å². The SMILES string of the molecule is CC(C)CN1CCN(CC2CCCCC2)C[C@H]1CCO. The van der Waals surface area contributed by atoms with Gasteiger partial charge < -0.3 is 10.0 Å². The molecule has 20 heavy (non-hydrogen) atoms. The van der Waals surface area contributed by atoms with Gasteiger partial charge in [0.2, 0.25) is 0 Å². The van der Waals surface area contributed by atoms with Crippen LogP contribution in [0.5, 0.6) is 0 Å². The van der Waals surface area contributed by atoms with Gasteiger partial charge >= 0.3 is 0 Å². The van der Waals surface area contributed by atoms with E-state index in [0.717, 1.165) is 18.3 Å². The maximum absolute atomic E-state index is 9.33. The second-order valence-electron chi connectivity index (χ2n) is 7.32. The van der Waals surface area contributed by atoms with Gasteiger partial charge in [-0.2, -0.15) is 0 Å². The molecule has 2 fully saturated rings. The highest BCUT2D eigenvalue weighted by Crippen LogP contribution is 2.25. The zero-order valence-electron chi connectivity index (χ0n) is 13.6. The molecule has 0 radical (unpaired) electrons. The molecule has 0 aromatic rings. The molecular formula is C17H34N2O. The van der Waals surface area contributed by atoms with E-state index in [-0.39, 0.29) is 0 Å². The molecule has 2 rings (SSSR count). The molecule has 2 aliphatic rings. The van der Waals surface area contributed by atoms with E-state index in [1.807, 2.05) is 0 Å². The van der Waals surface area contributed by atoms with Crippen LogP contribution in [0.25, 0.3) is 0 Å². The van der Waals surface area contributed by atoms with Crippen LogP contribution in [0.15, 0.2) is 0 Å². The maximum atomic E-state index is 9.33. The molecule has 0 aromatic carbocycles. The summed E-state index contributed by atoms with van der Waals surface area (Å²) in [5, 5.41) is 9.33. The predicted molar refractivity (Wildman–Crippen MR) is 84.9 cm³/mol. The van der Waals surface area contributed by atoms with Crippen molar-refractivity contribution in [3.8, 4) is 0 Å². The van der Waals surface area contributed by atoms with Gasteiger partial charge in [0.05, 0.1) is 0 Å². The second-order valence-corrected chi connectivity index (χ2v) is 7.32. The normalized spacial score (nSPS) is 27.3. The molecule has 118 valence electrons. The molecule has 0 bridgehead atoms. The van der Waals surface area contributed by atoms with E-state index in [1.165, 1.54) is 64.8 Å². The summed E-state index contributed by atoms with van der Waals surface area (Å²) in [6.45, 7) is 11.0. The summed E-state index contributed by atoms with van der Waals surface area (Å²) in [6, 6.07) is 0.569. The number of piperazine rings is 1. The Balaban J connectivity index is 1.81. The highest BCUT2D eigenvalue weighted by Gasteiger charge is 2.28. The average molecular weight is 282 g/mol. The highest BCUT2D eigenvalue weighted by atomic mass is 16.3. The molecule has 1 aliphatic carbocycles. The Hall–Kier alpha value is -0.120. The van der Waals surface area contributed by atoms with Crippen LogP contribution < -0.4 is 0 Å². The zero-order valence-corrected chi connectivity index (χ0v) is 13.6. The van der Waals surface area contributed by atoms with Crippen molar-refractivity contribution in [1.82, 2.24) is 9.80 Å². The van der Waals surface area contributed by atoms with Crippen molar-refractivity contribution >= 4 is 0 Å². The van der Waals surface area contributed by atoms with E-state index >= 15 is 0 Å². The van der Waals surface area contributed by atoms with E-state index in [0.29, 0.717) is 12.6 Å². The van der Waals surface area contributed by atoms with Crippen molar-refractivity contribution in [1.29, 1.82) is 0 Å². The van der Waals surface area contributed by atoms with Gasteiger partial charge in [-0.15, -0.1) is 0 Å². The summed E-state index contributed by atoms with van der Waals surface area (Å²) < 4.78 is 0. The third-order valence-electron chi connectivity index (χ3n) is 4.99. The van der Waals surface area contributed by atoms with Crippen LogP contribution in [0.4, 0.5) is 0 Å². The van der Waals surface area contributed by atoms with Crippen LogP contribution in [0.3, 0.4) is 0 Å². The van der Waals surface area contributed by atoms with Crippen molar-refractivity contribution in [2.45, 2.75) is 58.4 Å². The molecule has 0 amide bonds. The van der Waals surface area contributed by atoms with Crippen molar-refractivity contribution in [2.24, 2.45) is 11.8 Å². The van der Waals surface area contributed by atoms with Crippen LogP contribution in [-0.4, -0.2) is 60.3 Å². The first-order valence-electron chi connectivity index (χ1n) is 8.76. The number of aliphatic hydroxyl groups excluding tert-OH is 1. The monoisotopic (exact) mass is 282 g/mol. The Labute approximate surface area is 125 Å². The number of rotatable bonds is 6. The third-order valence-corrected chi connectivity index (χ3v) is 4.99. The van der Waals surface area contributed by atoms with Crippen molar-refractivity contribution in [3.63, 3.8) is 0 Å². The van der Waals surface area contributed by atoms with Gasteiger partial charge in [0.15, 0.2) is 0 Å². The molecular weight excluding hydrogens is 248 g/mol. The quantitative estimate of drug-likeness (QED) is 0.811. The molecule has 1 saturated carbocycles. The molecule has 3 nitrogen and oxygen atoms in total. The van der Waals surface area contributed by atoms with Crippen LogP contribution >= 0.6 is 0 Å². The highest BCUT2D eigenvalue weighted by molar-refractivity contribution is 4.84. The van der Waals surface area contributed by atoms with E-state index in [9.17, 15) is 5.11 Å². The largest absolute Gasteiger partial charge is 0.396 e. The van der Waals surface area contributed by atoms with Gasteiger partial charge in [0, 0.05) is 45.4 Å². The zero-order chi connectivity index (χ0) is 14.4. The van der Waals surface area contributed by atoms with E-state index in [1.54, 1.807) is 0 Å². The molecule has 1 N–H and O–H groups in total. The van der Waals surface area contributed by atoms with Gasteiger partial charge in [-0.3, -0.25) is 4.90 Å². The summed E-state index contributed by atoms with van der Waals surface area (Å²) in [5.41, 5.74) is 0. The smallest absolute Gasteiger partial charge is 0.0446 e. The number of hydrogen-bond donors (Lipinski definition) is 1. The van der Waals surface area contributed by atoms with Gasteiger partial charge in [-0.25, -0.2) is 0 Å². The second kappa shape index (κ2) is 8.35. The predicted octanol–water partition coefficient (Wildman–Crippen LogP) is 2.59. The lowest BCUT2D eigenvalue weighted by Crippen LogP contribution is -2.55. The van der Waals surface area contributed by atoms with Gasteiger partial charge in [-0.05, 0) is 31.1 Å². The Morgan fingerprint density at radius 2 is 1.85 bits per heavy atom. The number of hydrogen-bond acceptors (Lipinski definition) is 3. The summed E-state index contributed by atoms with van der Waals surface area (Å²) in [6.07, 6.45) is 8.16. The van der Waals surface area contributed by atoms with Crippen molar-refractivity contribution in [3.05, 3.63) is 0 Å². The fourth-order valence-electron chi connectivity index (χ4n) is 3.99. The first kappa shape index (κ1) is 16.3. The Bertz CT molecular complexity index is 264. The molecule has 0 unspecified atom stereocenters. The minimum atomic E-state index is 0.330. The van der Waals surface area contributed by atoms with Crippen LogP contribution in [0, 0.1) is 11.8 Å². The van der Waals surface area contributed by atoms with Gasteiger partial charge in [0.25, 0.3) is 0 Å². The Kier molecular flexibility index (Phi) is 6.79. The summed E-state index contributed by atoms with van der Waals surface area (Å²) >= 11 is 0.